The van der Waals surface area contributed by atoms with Gasteiger partial charge < -0.3 is 10.1 Å². The standard InChI is InChI=1S/C15H21FN2O2/c1-2-3-4-11-7-13(16)14(17-8-11)15(19)18-9-12-5-6-20-10-12/h7-8,12H,2-6,9-10H2,1H3,(H,18,19). The third-order valence-electron chi connectivity index (χ3n) is 3.51. The van der Waals surface area contributed by atoms with Crippen LogP contribution >= 0.6 is 0 Å². The molecule has 1 saturated heterocycles. The Morgan fingerprint density at radius 3 is 3.10 bits per heavy atom. The van der Waals surface area contributed by atoms with Crippen molar-refractivity contribution in [2.24, 2.45) is 5.92 Å². The topological polar surface area (TPSA) is 51.2 Å². The Labute approximate surface area is 118 Å². The summed E-state index contributed by atoms with van der Waals surface area (Å²) in [5.74, 6) is -0.666. The van der Waals surface area contributed by atoms with E-state index in [1.807, 2.05) is 0 Å². The highest BCUT2D eigenvalue weighted by molar-refractivity contribution is 5.92. The summed E-state index contributed by atoms with van der Waals surface area (Å²) in [6, 6.07) is 1.41. The Kier molecular flexibility index (Phi) is 5.47. The van der Waals surface area contributed by atoms with Gasteiger partial charge in [-0.2, -0.15) is 0 Å². The molecule has 1 aromatic heterocycles. The number of aromatic nitrogens is 1. The highest BCUT2D eigenvalue weighted by Crippen LogP contribution is 2.12. The molecule has 4 nitrogen and oxygen atoms in total. The van der Waals surface area contributed by atoms with Crippen molar-refractivity contribution in [3.63, 3.8) is 0 Å². The number of ether oxygens (including phenoxy) is 1. The third kappa shape index (κ3) is 4.00. The zero-order chi connectivity index (χ0) is 14.4. The molecule has 20 heavy (non-hydrogen) atoms. The number of unbranched alkanes of at least 4 members (excludes halogenated alkanes) is 1. The summed E-state index contributed by atoms with van der Waals surface area (Å²) in [6.07, 6.45) is 5.36. The first-order valence-corrected chi connectivity index (χ1v) is 7.21. The minimum atomic E-state index is -0.543. The molecule has 1 N–H and O–H groups in total. The van der Waals surface area contributed by atoms with Crippen LogP contribution in [0.2, 0.25) is 0 Å². The van der Waals surface area contributed by atoms with E-state index in [-0.39, 0.29) is 5.69 Å². The van der Waals surface area contributed by atoms with E-state index in [2.05, 4.69) is 17.2 Å². The number of hydrogen-bond acceptors (Lipinski definition) is 3. The van der Waals surface area contributed by atoms with Gasteiger partial charge in [-0.25, -0.2) is 9.37 Å². The number of carbonyl (C=O) groups is 1. The summed E-state index contributed by atoms with van der Waals surface area (Å²) < 4.78 is 19.1. The van der Waals surface area contributed by atoms with E-state index in [0.717, 1.165) is 37.9 Å². The predicted molar refractivity (Wildman–Crippen MR) is 74.1 cm³/mol. The number of nitrogens with one attached hydrogen (secondary N) is 1. The molecule has 5 heteroatoms. The van der Waals surface area contributed by atoms with Gasteiger partial charge in [0.25, 0.3) is 5.91 Å². The van der Waals surface area contributed by atoms with Crippen LogP contribution in [-0.4, -0.2) is 30.6 Å². The number of halogens is 1. The van der Waals surface area contributed by atoms with Crippen molar-refractivity contribution in [3.05, 3.63) is 29.3 Å². The van der Waals surface area contributed by atoms with E-state index in [0.29, 0.717) is 19.1 Å². The van der Waals surface area contributed by atoms with E-state index < -0.39 is 11.7 Å². The number of carbonyl (C=O) groups excluding carboxylic acids is 1. The molecule has 110 valence electrons. The molecule has 1 amide bonds. The van der Waals surface area contributed by atoms with Crippen LogP contribution in [0, 0.1) is 11.7 Å². The summed E-state index contributed by atoms with van der Waals surface area (Å²) in [7, 11) is 0. The Hall–Kier alpha value is -1.49. The Bertz CT molecular complexity index is 459. The van der Waals surface area contributed by atoms with Crippen LogP contribution in [0.4, 0.5) is 4.39 Å². The van der Waals surface area contributed by atoms with E-state index in [4.69, 9.17) is 4.74 Å². The van der Waals surface area contributed by atoms with Gasteiger partial charge in [-0.1, -0.05) is 13.3 Å². The second-order valence-corrected chi connectivity index (χ2v) is 5.22. The van der Waals surface area contributed by atoms with Crippen LogP contribution in [0.1, 0.15) is 42.2 Å². The van der Waals surface area contributed by atoms with Crippen LogP contribution in [0.5, 0.6) is 0 Å². The molecule has 0 bridgehead atoms. The van der Waals surface area contributed by atoms with Crippen LogP contribution in [0.15, 0.2) is 12.3 Å². The molecular weight excluding hydrogens is 259 g/mol. The molecule has 1 atom stereocenters. The molecule has 0 saturated carbocycles. The summed E-state index contributed by atoms with van der Waals surface area (Å²) in [4.78, 5) is 15.9. The Balaban J connectivity index is 1.91. The van der Waals surface area contributed by atoms with Crippen molar-refractivity contribution in [2.45, 2.75) is 32.6 Å². The van der Waals surface area contributed by atoms with Crippen LogP contribution in [0.25, 0.3) is 0 Å². The highest BCUT2D eigenvalue weighted by Gasteiger charge is 2.19. The SMILES string of the molecule is CCCCc1cnc(C(=O)NCC2CCOC2)c(F)c1. The largest absolute Gasteiger partial charge is 0.381 e. The molecule has 1 aliphatic heterocycles. The van der Waals surface area contributed by atoms with E-state index in [1.165, 1.54) is 6.07 Å². The molecule has 0 spiro atoms. The summed E-state index contributed by atoms with van der Waals surface area (Å²) in [5.41, 5.74) is 0.717. The lowest BCUT2D eigenvalue weighted by molar-refractivity contribution is 0.0935. The maximum atomic E-state index is 13.9. The van der Waals surface area contributed by atoms with Crippen LogP contribution in [0.3, 0.4) is 0 Å². The fourth-order valence-electron chi connectivity index (χ4n) is 2.23. The van der Waals surface area contributed by atoms with Gasteiger partial charge in [-0.05, 0) is 30.9 Å². The van der Waals surface area contributed by atoms with Crippen molar-refractivity contribution in [3.8, 4) is 0 Å². The van der Waals surface area contributed by atoms with Gasteiger partial charge in [0.15, 0.2) is 11.5 Å². The Morgan fingerprint density at radius 2 is 2.45 bits per heavy atom. The molecule has 0 aliphatic carbocycles. The second kappa shape index (κ2) is 7.33. The molecular formula is C15H21FN2O2. The molecule has 1 aliphatic rings. The minimum Gasteiger partial charge on any atom is -0.381 e. The number of pyridine rings is 1. The lowest BCUT2D eigenvalue weighted by Gasteiger charge is -2.10. The smallest absolute Gasteiger partial charge is 0.272 e. The van der Waals surface area contributed by atoms with Crippen LogP contribution < -0.4 is 5.32 Å². The zero-order valence-electron chi connectivity index (χ0n) is 11.8. The first kappa shape index (κ1) is 14.9. The van der Waals surface area contributed by atoms with Gasteiger partial charge in [0, 0.05) is 25.3 Å². The van der Waals surface area contributed by atoms with Crippen LogP contribution in [-0.2, 0) is 11.2 Å². The lowest BCUT2D eigenvalue weighted by atomic mass is 10.1. The first-order chi connectivity index (χ1) is 9.70. The Morgan fingerprint density at radius 1 is 1.60 bits per heavy atom. The minimum absolute atomic E-state index is 0.121. The van der Waals surface area contributed by atoms with E-state index in [9.17, 15) is 9.18 Å². The summed E-state index contributed by atoms with van der Waals surface area (Å²) in [5, 5.41) is 2.72. The number of hydrogen-bond donors (Lipinski definition) is 1. The molecule has 2 heterocycles. The molecule has 1 unspecified atom stereocenters. The lowest BCUT2D eigenvalue weighted by Crippen LogP contribution is -2.30. The van der Waals surface area contributed by atoms with Gasteiger partial charge in [-0.3, -0.25) is 4.79 Å². The second-order valence-electron chi connectivity index (χ2n) is 5.22. The molecule has 0 radical (unpaired) electrons. The van der Waals surface area contributed by atoms with Crippen molar-refractivity contribution < 1.29 is 13.9 Å². The predicted octanol–water partition coefficient (Wildman–Crippen LogP) is 2.33. The summed E-state index contributed by atoms with van der Waals surface area (Å²) in [6.45, 7) is 3.99. The monoisotopic (exact) mass is 280 g/mol. The van der Waals surface area contributed by atoms with Gasteiger partial charge in [0.05, 0.1) is 6.61 Å². The van der Waals surface area contributed by atoms with Crippen molar-refractivity contribution in [2.75, 3.05) is 19.8 Å². The number of rotatable bonds is 6. The normalized spacial score (nSPS) is 18.2. The van der Waals surface area contributed by atoms with Crippen molar-refractivity contribution >= 4 is 5.91 Å². The zero-order valence-corrected chi connectivity index (χ0v) is 11.8. The van der Waals surface area contributed by atoms with Gasteiger partial charge in [-0.15, -0.1) is 0 Å². The maximum absolute atomic E-state index is 13.9. The average molecular weight is 280 g/mol. The average Bonchev–Trinajstić information content (AvgIpc) is 2.96. The molecule has 2 rings (SSSR count). The van der Waals surface area contributed by atoms with Gasteiger partial charge in [0.1, 0.15) is 0 Å². The van der Waals surface area contributed by atoms with Crippen molar-refractivity contribution in [1.82, 2.24) is 10.3 Å². The molecule has 0 aromatic carbocycles. The summed E-state index contributed by atoms with van der Waals surface area (Å²) >= 11 is 0. The molecule has 1 fully saturated rings. The fourth-order valence-corrected chi connectivity index (χ4v) is 2.23. The van der Waals surface area contributed by atoms with E-state index in [1.54, 1.807) is 6.20 Å². The number of amides is 1. The van der Waals surface area contributed by atoms with E-state index >= 15 is 0 Å². The first-order valence-electron chi connectivity index (χ1n) is 7.21. The number of aryl methyl sites for hydroxylation is 1. The van der Waals surface area contributed by atoms with Gasteiger partial charge >= 0.3 is 0 Å². The highest BCUT2D eigenvalue weighted by atomic mass is 19.1. The third-order valence-corrected chi connectivity index (χ3v) is 3.51. The molecule has 1 aromatic rings. The maximum Gasteiger partial charge on any atom is 0.272 e. The quantitative estimate of drug-likeness (QED) is 0.870. The van der Waals surface area contributed by atoms with Crippen molar-refractivity contribution in [1.29, 1.82) is 0 Å². The number of nitrogens with zero attached hydrogens (tertiary/aromatic N) is 1. The fraction of sp³-hybridized carbons (Fsp3) is 0.600. The van der Waals surface area contributed by atoms with Gasteiger partial charge in [0.2, 0.25) is 0 Å².